The maximum atomic E-state index is 11.6. The first kappa shape index (κ1) is 17.5. The van der Waals surface area contributed by atoms with Gasteiger partial charge in [-0.1, -0.05) is 19.9 Å². The molecular weight excluding hydrogens is 280 g/mol. The van der Waals surface area contributed by atoms with Gasteiger partial charge in [-0.2, -0.15) is 0 Å². The summed E-state index contributed by atoms with van der Waals surface area (Å²) in [4.78, 5) is 11.6. The number of hydrogen-bond donors (Lipinski definition) is 2. The zero-order valence-electron chi connectivity index (χ0n) is 14.5. The summed E-state index contributed by atoms with van der Waals surface area (Å²) in [7, 11) is 1.30. The van der Waals surface area contributed by atoms with E-state index in [0.29, 0.717) is 6.42 Å². The first-order valence-corrected chi connectivity index (χ1v) is 8.22. The van der Waals surface area contributed by atoms with Gasteiger partial charge in [0.15, 0.2) is 6.10 Å². The highest BCUT2D eigenvalue weighted by Gasteiger charge is 2.57. The quantitative estimate of drug-likeness (QED) is 0.621. The second kappa shape index (κ2) is 5.64. The third-order valence-electron chi connectivity index (χ3n) is 6.51. The monoisotopic (exact) mass is 310 g/mol. The molecule has 4 nitrogen and oxygen atoms in total. The Labute approximate surface area is 133 Å². The fourth-order valence-electron chi connectivity index (χ4n) is 4.80. The average Bonchev–Trinajstić information content (AvgIpc) is 2.62. The summed E-state index contributed by atoms with van der Waals surface area (Å²) in [5.74, 6) is -0.372. The molecule has 22 heavy (non-hydrogen) atoms. The first-order valence-electron chi connectivity index (χ1n) is 8.22. The van der Waals surface area contributed by atoms with Gasteiger partial charge in [0.2, 0.25) is 0 Å². The fourth-order valence-corrected chi connectivity index (χ4v) is 4.80. The lowest BCUT2D eigenvalue weighted by atomic mass is 9.59. The van der Waals surface area contributed by atoms with Gasteiger partial charge in [-0.15, -0.1) is 0 Å². The normalized spacial score (nSPS) is 37.0. The number of aliphatic hydroxyl groups excluding tert-OH is 1. The molecule has 0 saturated heterocycles. The van der Waals surface area contributed by atoms with E-state index in [1.54, 1.807) is 0 Å². The van der Waals surface area contributed by atoms with Gasteiger partial charge in [0.1, 0.15) is 0 Å². The van der Waals surface area contributed by atoms with Crippen LogP contribution in [0.5, 0.6) is 0 Å². The number of allylic oxidation sites excluding steroid dienone is 1. The third kappa shape index (κ3) is 2.71. The Morgan fingerprint density at radius 3 is 2.59 bits per heavy atom. The summed E-state index contributed by atoms with van der Waals surface area (Å²) in [5.41, 5.74) is 0.138. The number of methoxy groups -OCH3 is 1. The van der Waals surface area contributed by atoms with Crippen molar-refractivity contribution in [3.63, 3.8) is 0 Å². The summed E-state index contributed by atoms with van der Waals surface area (Å²) in [6.07, 6.45) is 5.37. The molecule has 4 atom stereocenters. The van der Waals surface area contributed by atoms with Crippen molar-refractivity contribution >= 4 is 5.97 Å². The molecule has 2 rings (SSSR count). The lowest BCUT2D eigenvalue weighted by molar-refractivity contribution is -0.148. The van der Waals surface area contributed by atoms with Gasteiger partial charge in [0.25, 0.3) is 0 Å². The maximum absolute atomic E-state index is 11.6. The maximum Gasteiger partial charge on any atom is 0.339 e. The molecule has 2 aliphatic carbocycles. The Kier molecular flexibility index (Phi) is 4.48. The van der Waals surface area contributed by atoms with E-state index >= 15 is 0 Å². The second-order valence-corrected chi connectivity index (χ2v) is 8.13. The van der Waals surface area contributed by atoms with Gasteiger partial charge in [-0.25, -0.2) is 4.79 Å². The van der Waals surface area contributed by atoms with E-state index in [9.17, 15) is 15.0 Å². The van der Waals surface area contributed by atoms with E-state index in [0.717, 1.165) is 31.3 Å². The Morgan fingerprint density at radius 2 is 2.05 bits per heavy atom. The summed E-state index contributed by atoms with van der Waals surface area (Å²) < 4.78 is 4.66. The van der Waals surface area contributed by atoms with Crippen LogP contribution in [0.15, 0.2) is 11.6 Å². The van der Waals surface area contributed by atoms with Gasteiger partial charge in [-0.3, -0.25) is 0 Å². The van der Waals surface area contributed by atoms with Crippen LogP contribution in [0.25, 0.3) is 0 Å². The molecule has 126 valence electrons. The zero-order valence-corrected chi connectivity index (χ0v) is 14.5. The van der Waals surface area contributed by atoms with Crippen molar-refractivity contribution < 1.29 is 19.7 Å². The SMILES string of the molecule is COC(=O)C(O)C1=CC[C@]2(C)C(C(C)(C)O)CC[C@@]2(C)CC1. The summed E-state index contributed by atoms with van der Waals surface area (Å²) in [6, 6.07) is 0. The predicted octanol–water partition coefficient (Wildman–Crippen LogP) is 2.82. The number of fused-ring (bicyclic) bond motifs is 1. The molecule has 0 aliphatic heterocycles. The Balaban J connectivity index is 2.31. The van der Waals surface area contributed by atoms with Crippen LogP contribution in [0.3, 0.4) is 0 Å². The highest BCUT2D eigenvalue weighted by atomic mass is 16.5. The Morgan fingerprint density at radius 1 is 1.41 bits per heavy atom. The molecule has 4 heteroatoms. The van der Waals surface area contributed by atoms with Crippen LogP contribution in [0.2, 0.25) is 0 Å². The molecule has 0 bridgehead atoms. The smallest absolute Gasteiger partial charge is 0.339 e. The molecule has 0 aromatic rings. The highest BCUT2D eigenvalue weighted by Crippen LogP contribution is 2.64. The molecule has 0 heterocycles. The van der Waals surface area contributed by atoms with Crippen LogP contribution in [0.1, 0.15) is 59.8 Å². The number of aliphatic hydroxyl groups is 2. The number of esters is 1. The fraction of sp³-hybridized carbons (Fsp3) is 0.833. The van der Waals surface area contributed by atoms with Crippen molar-refractivity contribution in [2.24, 2.45) is 16.7 Å². The summed E-state index contributed by atoms with van der Waals surface area (Å²) in [6.45, 7) is 8.34. The molecule has 2 N–H and O–H groups in total. The van der Waals surface area contributed by atoms with Gasteiger partial charge in [0.05, 0.1) is 12.7 Å². The Hall–Kier alpha value is -0.870. The topological polar surface area (TPSA) is 66.8 Å². The molecule has 0 radical (unpaired) electrons. The van der Waals surface area contributed by atoms with Crippen molar-refractivity contribution in [2.45, 2.75) is 71.5 Å². The molecule has 1 saturated carbocycles. The van der Waals surface area contributed by atoms with E-state index < -0.39 is 17.7 Å². The minimum atomic E-state index is -1.16. The zero-order chi connectivity index (χ0) is 16.8. The van der Waals surface area contributed by atoms with Crippen molar-refractivity contribution in [2.75, 3.05) is 7.11 Å². The van der Waals surface area contributed by atoms with Crippen LogP contribution in [0.4, 0.5) is 0 Å². The van der Waals surface area contributed by atoms with E-state index in [1.165, 1.54) is 7.11 Å². The van der Waals surface area contributed by atoms with E-state index in [2.05, 4.69) is 18.6 Å². The van der Waals surface area contributed by atoms with Crippen LogP contribution >= 0.6 is 0 Å². The van der Waals surface area contributed by atoms with Gasteiger partial charge in [0, 0.05) is 0 Å². The molecule has 2 unspecified atom stereocenters. The molecule has 0 amide bonds. The molecule has 0 aromatic heterocycles. The largest absolute Gasteiger partial charge is 0.467 e. The second-order valence-electron chi connectivity index (χ2n) is 8.13. The van der Waals surface area contributed by atoms with Gasteiger partial charge >= 0.3 is 5.97 Å². The van der Waals surface area contributed by atoms with E-state index in [4.69, 9.17) is 0 Å². The highest BCUT2D eigenvalue weighted by molar-refractivity contribution is 5.77. The van der Waals surface area contributed by atoms with Crippen molar-refractivity contribution in [3.05, 3.63) is 11.6 Å². The molecular formula is C18H30O4. The van der Waals surface area contributed by atoms with Crippen LogP contribution < -0.4 is 0 Å². The molecule has 1 fully saturated rings. The average molecular weight is 310 g/mol. The minimum Gasteiger partial charge on any atom is -0.467 e. The standard InChI is InChI=1S/C18H30O4/c1-16(2,21)13-8-10-17(3)9-6-12(7-11-18(13,17)4)14(19)15(20)22-5/h7,13-14,19,21H,6,8-11H2,1-5H3/t13?,14?,17-,18-/m1/s1. The summed E-state index contributed by atoms with van der Waals surface area (Å²) >= 11 is 0. The lowest BCUT2D eigenvalue weighted by Gasteiger charge is -2.47. The molecule has 0 aromatic carbocycles. The molecule has 0 spiro atoms. The van der Waals surface area contributed by atoms with Gasteiger partial charge < -0.3 is 14.9 Å². The van der Waals surface area contributed by atoms with Crippen LogP contribution in [0, 0.1) is 16.7 Å². The predicted molar refractivity (Wildman–Crippen MR) is 85.2 cm³/mol. The molecule has 2 aliphatic rings. The van der Waals surface area contributed by atoms with Gasteiger partial charge in [-0.05, 0) is 68.3 Å². The van der Waals surface area contributed by atoms with Crippen LogP contribution in [-0.2, 0) is 9.53 Å². The summed E-state index contributed by atoms with van der Waals surface area (Å²) in [5, 5.41) is 20.7. The van der Waals surface area contributed by atoms with Crippen molar-refractivity contribution in [1.82, 2.24) is 0 Å². The number of ether oxygens (including phenoxy) is 1. The Bertz CT molecular complexity index is 476. The van der Waals surface area contributed by atoms with Crippen molar-refractivity contribution in [1.29, 1.82) is 0 Å². The minimum absolute atomic E-state index is 0.0250. The number of carbonyl (C=O) groups is 1. The number of hydrogen-bond acceptors (Lipinski definition) is 4. The first-order chi connectivity index (χ1) is 10.0. The van der Waals surface area contributed by atoms with Crippen LogP contribution in [-0.4, -0.2) is 35.0 Å². The number of rotatable bonds is 3. The number of carbonyl (C=O) groups excluding carboxylic acids is 1. The lowest BCUT2D eigenvalue weighted by Crippen LogP contribution is -2.44. The third-order valence-corrected chi connectivity index (χ3v) is 6.51. The van der Waals surface area contributed by atoms with E-state index in [-0.39, 0.29) is 16.7 Å². The van der Waals surface area contributed by atoms with E-state index in [1.807, 2.05) is 19.9 Å². The van der Waals surface area contributed by atoms with Crippen molar-refractivity contribution in [3.8, 4) is 0 Å².